The van der Waals surface area contributed by atoms with Gasteiger partial charge in [0.1, 0.15) is 5.60 Å². The van der Waals surface area contributed by atoms with Crippen molar-refractivity contribution in [3.8, 4) is 0 Å². The highest BCUT2D eigenvalue weighted by molar-refractivity contribution is 5.86. The summed E-state index contributed by atoms with van der Waals surface area (Å²) in [6.45, 7) is 19.1. The highest BCUT2D eigenvalue weighted by atomic mass is 16.6. The molecular formula is C58H113N7O4. The number of hydrogen-bond acceptors (Lipinski definition) is 11. The number of ketones is 1. The Kier molecular flexibility index (Phi) is 39.0. The van der Waals surface area contributed by atoms with Crippen LogP contribution in [-0.2, 0) is 19.1 Å². The minimum absolute atomic E-state index is 0.0422. The van der Waals surface area contributed by atoms with Gasteiger partial charge < -0.3 is 30.3 Å². The molecule has 0 aromatic rings. The minimum atomic E-state index is -1.17. The molecule has 0 radical (unpaired) electrons. The SMILES string of the molecule is CCCCCCCC/C=C\CCCCCCCC1=NCCN1CCNCCC(=O)C(C)(C)OCCC(C)(N)OC(=O)CCNCCC1NCCN1CCCCCCCCCCCCCCCCCC. The van der Waals surface area contributed by atoms with E-state index in [0.29, 0.717) is 32.1 Å². The second kappa shape index (κ2) is 42.6. The molecule has 69 heavy (non-hydrogen) atoms. The van der Waals surface area contributed by atoms with Crippen molar-refractivity contribution in [3.63, 3.8) is 0 Å². The van der Waals surface area contributed by atoms with Gasteiger partial charge in [0.25, 0.3) is 0 Å². The summed E-state index contributed by atoms with van der Waals surface area (Å²) in [7, 11) is 0. The molecule has 11 heteroatoms. The second-order valence-electron chi connectivity index (χ2n) is 21.5. The van der Waals surface area contributed by atoms with E-state index in [1.807, 2.05) is 13.8 Å². The Bertz CT molecular complexity index is 1290. The Balaban J connectivity index is 1.42. The zero-order valence-electron chi connectivity index (χ0n) is 46.1. The molecule has 1 saturated heterocycles. The average molecular weight is 973 g/mol. The maximum absolute atomic E-state index is 13.1. The van der Waals surface area contributed by atoms with Crippen LogP contribution in [0.25, 0.3) is 0 Å². The molecule has 2 rings (SSSR count). The largest absolute Gasteiger partial charge is 0.444 e. The van der Waals surface area contributed by atoms with Crippen LogP contribution in [0.1, 0.15) is 253 Å². The van der Waals surface area contributed by atoms with Gasteiger partial charge in [0.05, 0.1) is 31.6 Å². The number of amidine groups is 1. The van der Waals surface area contributed by atoms with Gasteiger partial charge in [-0.3, -0.25) is 25.2 Å². The Morgan fingerprint density at radius 3 is 1.78 bits per heavy atom. The van der Waals surface area contributed by atoms with Crippen LogP contribution in [0, 0.1) is 0 Å². The van der Waals surface area contributed by atoms with Gasteiger partial charge in [-0.25, -0.2) is 0 Å². The maximum Gasteiger partial charge on any atom is 0.308 e. The zero-order chi connectivity index (χ0) is 49.9. The molecule has 11 nitrogen and oxygen atoms in total. The van der Waals surface area contributed by atoms with Gasteiger partial charge in [0, 0.05) is 65.1 Å². The smallest absolute Gasteiger partial charge is 0.308 e. The molecule has 2 aliphatic rings. The molecule has 5 N–H and O–H groups in total. The molecule has 2 atom stereocenters. The van der Waals surface area contributed by atoms with Gasteiger partial charge in [-0.2, -0.15) is 0 Å². The van der Waals surface area contributed by atoms with E-state index in [1.54, 1.807) is 6.92 Å². The molecule has 2 unspecified atom stereocenters. The van der Waals surface area contributed by atoms with Crippen LogP contribution in [0.2, 0.25) is 0 Å². The monoisotopic (exact) mass is 972 g/mol. The molecule has 0 aromatic carbocycles. The lowest BCUT2D eigenvalue weighted by molar-refractivity contribution is -0.162. The van der Waals surface area contributed by atoms with Crippen molar-refractivity contribution in [2.75, 3.05) is 72.1 Å². The van der Waals surface area contributed by atoms with Crippen LogP contribution >= 0.6 is 0 Å². The number of carbonyl (C=O) groups excluding carboxylic acids is 2. The van der Waals surface area contributed by atoms with E-state index in [2.05, 4.69) is 51.7 Å². The third-order valence-electron chi connectivity index (χ3n) is 14.5. The zero-order valence-corrected chi connectivity index (χ0v) is 46.1. The van der Waals surface area contributed by atoms with Gasteiger partial charge in [0.2, 0.25) is 0 Å². The number of unbranched alkanes of at least 4 members (excludes halogenated alkanes) is 26. The lowest BCUT2D eigenvalue weighted by Crippen LogP contribution is -2.44. The number of carbonyl (C=O) groups is 2. The Morgan fingerprint density at radius 2 is 1.19 bits per heavy atom. The van der Waals surface area contributed by atoms with Crippen molar-refractivity contribution in [3.05, 3.63) is 12.2 Å². The van der Waals surface area contributed by atoms with Crippen molar-refractivity contribution >= 4 is 17.6 Å². The van der Waals surface area contributed by atoms with E-state index in [0.717, 1.165) is 58.7 Å². The number of nitrogens with one attached hydrogen (secondary N) is 3. The van der Waals surface area contributed by atoms with Crippen molar-refractivity contribution < 1.29 is 19.1 Å². The van der Waals surface area contributed by atoms with Crippen LogP contribution < -0.4 is 21.7 Å². The normalized spacial score (nSPS) is 16.5. The van der Waals surface area contributed by atoms with E-state index < -0.39 is 11.3 Å². The molecule has 2 heterocycles. The first-order valence-electron chi connectivity index (χ1n) is 29.6. The van der Waals surface area contributed by atoms with Crippen molar-refractivity contribution in [2.24, 2.45) is 10.7 Å². The maximum atomic E-state index is 13.1. The molecule has 0 bridgehead atoms. The quantitative estimate of drug-likeness (QED) is 0.0202. The van der Waals surface area contributed by atoms with Crippen LogP contribution in [0.4, 0.5) is 0 Å². The van der Waals surface area contributed by atoms with Gasteiger partial charge in [-0.05, 0) is 78.8 Å². The lowest BCUT2D eigenvalue weighted by Gasteiger charge is -2.29. The third kappa shape index (κ3) is 35.0. The molecule has 2 aliphatic heterocycles. The molecule has 0 aromatic heterocycles. The van der Waals surface area contributed by atoms with E-state index in [1.165, 1.54) is 199 Å². The number of ether oxygens (including phenoxy) is 2. The standard InChI is InChI=1S/C58H113N7O4/c1-6-8-10-12-14-16-18-20-22-24-26-28-30-32-34-36-48-64-50-46-63-55(64)39-43-60-44-40-56(67)69-58(5,59)41-52-68-57(3,4)53(66)38-42-61-45-49-65-51-47-62-54(65)37-35-33-31-29-27-25-23-21-19-17-15-13-11-9-7-2/h21,23,55,60-61,63H,6-20,22,24-52,59H2,1-5H3/b23-21-. The first-order valence-corrected chi connectivity index (χ1v) is 29.6. The first-order chi connectivity index (χ1) is 33.6. The molecule has 0 amide bonds. The number of Topliss-reactive ketones (excluding diaryl/α,β-unsaturated/α-hetero) is 1. The van der Waals surface area contributed by atoms with Crippen LogP contribution in [-0.4, -0.2) is 117 Å². The number of esters is 1. The van der Waals surface area contributed by atoms with E-state index in [-0.39, 0.29) is 24.8 Å². The van der Waals surface area contributed by atoms with E-state index >= 15 is 0 Å². The topological polar surface area (TPSA) is 134 Å². The Labute approximate surface area is 426 Å². The summed E-state index contributed by atoms with van der Waals surface area (Å²) in [5.74, 6) is 0.970. The summed E-state index contributed by atoms with van der Waals surface area (Å²) in [6.07, 6.45) is 47.8. The number of rotatable bonds is 50. The minimum Gasteiger partial charge on any atom is -0.444 e. The van der Waals surface area contributed by atoms with Crippen LogP contribution in [0.15, 0.2) is 17.1 Å². The van der Waals surface area contributed by atoms with E-state index in [4.69, 9.17) is 20.2 Å². The fourth-order valence-corrected chi connectivity index (χ4v) is 9.78. The number of allylic oxidation sites excluding steroid dienone is 2. The summed E-state index contributed by atoms with van der Waals surface area (Å²) < 4.78 is 11.6. The van der Waals surface area contributed by atoms with Gasteiger partial charge in [0.15, 0.2) is 11.5 Å². The number of hydrogen-bond donors (Lipinski definition) is 4. The molecule has 0 spiro atoms. The molecule has 404 valence electrons. The Morgan fingerprint density at radius 1 is 0.667 bits per heavy atom. The molecular weight excluding hydrogens is 859 g/mol. The number of aliphatic imine (C=N–C) groups is 1. The third-order valence-corrected chi connectivity index (χ3v) is 14.5. The first kappa shape index (κ1) is 63.2. The summed E-state index contributed by atoms with van der Waals surface area (Å²) in [6, 6.07) is 0. The number of nitrogens with two attached hydrogens (primary N) is 1. The Hall–Kier alpha value is -1.89. The second-order valence-corrected chi connectivity index (χ2v) is 21.5. The highest BCUT2D eigenvalue weighted by Crippen LogP contribution is 2.19. The van der Waals surface area contributed by atoms with Gasteiger partial charge >= 0.3 is 5.97 Å². The average Bonchev–Trinajstić information content (AvgIpc) is 3.98. The predicted molar refractivity (Wildman–Crippen MR) is 294 cm³/mol. The van der Waals surface area contributed by atoms with Crippen molar-refractivity contribution in [1.29, 1.82) is 0 Å². The molecule has 1 fully saturated rings. The summed E-state index contributed by atoms with van der Waals surface area (Å²) in [5.41, 5.74) is 4.25. The fourth-order valence-electron chi connectivity index (χ4n) is 9.78. The van der Waals surface area contributed by atoms with E-state index in [9.17, 15) is 9.59 Å². The highest BCUT2D eigenvalue weighted by Gasteiger charge is 2.30. The fraction of sp³-hybridized carbons (Fsp3) is 0.914. The lowest BCUT2D eigenvalue weighted by atomic mass is 10.0. The van der Waals surface area contributed by atoms with Crippen LogP contribution in [0.5, 0.6) is 0 Å². The van der Waals surface area contributed by atoms with Gasteiger partial charge in [-0.15, -0.1) is 0 Å². The number of nitrogens with zero attached hydrogens (tertiary/aromatic N) is 3. The predicted octanol–water partition coefficient (Wildman–Crippen LogP) is 12.6. The molecule has 0 saturated carbocycles. The summed E-state index contributed by atoms with van der Waals surface area (Å²) in [5, 5.41) is 10.5. The summed E-state index contributed by atoms with van der Waals surface area (Å²) in [4.78, 5) is 35.6. The van der Waals surface area contributed by atoms with Crippen LogP contribution in [0.3, 0.4) is 0 Å². The molecule has 0 aliphatic carbocycles. The van der Waals surface area contributed by atoms with Crippen molar-refractivity contribution in [1.82, 2.24) is 25.8 Å². The van der Waals surface area contributed by atoms with Crippen molar-refractivity contribution in [2.45, 2.75) is 270 Å². The van der Waals surface area contributed by atoms with Gasteiger partial charge in [-0.1, -0.05) is 174 Å². The summed E-state index contributed by atoms with van der Waals surface area (Å²) >= 11 is 0.